The molecule has 2 aromatic rings. The molecule has 0 unspecified atom stereocenters. The summed E-state index contributed by atoms with van der Waals surface area (Å²) in [6.45, 7) is 1.30. The minimum atomic E-state index is -0.165. The van der Waals surface area contributed by atoms with Crippen LogP contribution in [-0.2, 0) is 9.47 Å². The Hall–Kier alpha value is -2.03. The van der Waals surface area contributed by atoms with Crippen molar-refractivity contribution in [3.05, 3.63) is 24.3 Å². The number of thioether (sulfide) groups is 1. The van der Waals surface area contributed by atoms with Gasteiger partial charge in [0.1, 0.15) is 5.03 Å². The average molecular weight is 364 g/mol. The van der Waals surface area contributed by atoms with Crippen molar-refractivity contribution in [3.63, 3.8) is 0 Å². The molecule has 0 bridgehead atoms. The van der Waals surface area contributed by atoms with Gasteiger partial charge in [0, 0.05) is 5.56 Å². The van der Waals surface area contributed by atoms with Gasteiger partial charge in [0.25, 0.3) is 0 Å². The summed E-state index contributed by atoms with van der Waals surface area (Å²) >= 11 is 1.55. The summed E-state index contributed by atoms with van der Waals surface area (Å²) in [5, 5.41) is 9.37. The molecule has 3 rings (SSSR count). The lowest BCUT2D eigenvalue weighted by Gasteiger charge is -2.13. The maximum absolute atomic E-state index is 5.41. The second-order valence-corrected chi connectivity index (χ2v) is 6.19. The van der Waals surface area contributed by atoms with Gasteiger partial charge in [0.15, 0.2) is 17.8 Å². The van der Waals surface area contributed by atoms with Crippen LogP contribution in [-0.4, -0.2) is 56.8 Å². The fraction of sp³-hybridized carbons (Fsp3) is 0.412. The van der Waals surface area contributed by atoms with E-state index in [9.17, 15) is 0 Å². The molecule has 1 aromatic carbocycles. The van der Waals surface area contributed by atoms with Gasteiger partial charge in [-0.25, -0.2) is 0 Å². The maximum Gasteiger partial charge on any atom is 0.203 e. The molecule has 0 aliphatic carbocycles. The molecule has 0 spiro atoms. The molecule has 0 atom stereocenters. The van der Waals surface area contributed by atoms with Crippen molar-refractivity contribution >= 4 is 11.8 Å². The molecule has 1 aliphatic heterocycles. The Labute approximate surface area is 150 Å². The molecule has 8 heteroatoms. The van der Waals surface area contributed by atoms with Crippen molar-refractivity contribution in [2.24, 2.45) is 0 Å². The molecule has 0 N–H and O–H groups in total. The third-order valence-electron chi connectivity index (χ3n) is 3.66. The first-order chi connectivity index (χ1) is 12.2. The van der Waals surface area contributed by atoms with Crippen molar-refractivity contribution in [1.29, 1.82) is 0 Å². The molecule has 1 fully saturated rings. The highest BCUT2D eigenvalue weighted by molar-refractivity contribution is 7.99. The Kier molecular flexibility index (Phi) is 5.95. The van der Waals surface area contributed by atoms with Crippen LogP contribution < -0.4 is 14.2 Å². The van der Waals surface area contributed by atoms with Gasteiger partial charge in [0.05, 0.1) is 46.0 Å². The first-order valence-electron chi connectivity index (χ1n) is 7.75. The van der Waals surface area contributed by atoms with Crippen LogP contribution in [0.2, 0.25) is 0 Å². The van der Waals surface area contributed by atoms with E-state index in [0.29, 0.717) is 36.2 Å². The predicted octanol–water partition coefficient (Wildman–Crippen LogP) is 2.63. The van der Waals surface area contributed by atoms with Gasteiger partial charge >= 0.3 is 0 Å². The normalized spacial score (nSPS) is 14.5. The highest BCUT2D eigenvalue weighted by atomic mass is 32.2. The van der Waals surface area contributed by atoms with Crippen molar-refractivity contribution in [1.82, 2.24) is 10.2 Å². The van der Waals surface area contributed by atoms with Gasteiger partial charge < -0.3 is 23.7 Å². The lowest BCUT2D eigenvalue weighted by Crippen LogP contribution is -2.10. The maximum atomic E-state index is 5.41. The second kappa shape index (κ2) is 8.37. The van der Waals surface area contributed by atoms with E-state index < -0.39 is 0 Å². The van der Waals surface area contributed by atoms with Gasteiger partial charge in [0.2, 0.25) is 5.75 Å². The number of ether oxygens (including phenoxy) is 5. The third-order valence-corrected chi connectivity index (χ3v) is 4.61. The lowest BCUT2D eigenvalue weighted by atomic mass is 10.1. The zero-order valence-corrected chi connectivity index (χ0v) is 15.2. The van der Waals surface area contributed by atoms with E-state index in [2.05, 4.69) is 10.2 Å². The summed E-state index contributed by atoms with van der Waals surface area (Å²) < 4.78 is 26.9. The Bertz CT molecular complexity index is 680. The number of hydrogen-bond donors (Lipinski definition) is 0. The fourth-order valence-electron chi connectivity index (χ4n) is 2.44. The van der Waals surface area contributed by atoms with Gasteiger partial charge in [-0.2, -0.15) is 0 Å². The zero-order chi connectivity index (χ0) is 17.6. The Morgan fingerprint density at radius 1 is 1.00 bits per heavy atom. The summed E-state index contributed by atoms with van der Waals surface area (Å²) in [4.78, 5) is 0. The first kappa shape index (κ1) is 17.8. The molecule has 25 heavy (non-hydrogen) atoms. The molecule has 1 saturated heterocycles. The van der Waals surface area contributed by atoms with Gasteiger partial charge in [-0.1, -0.05) is 11.8 Å². The molecule has 7 nitrogen and oxygen atoms in total. The van der Waals surface area contributed by atoms with Crippen LogP contribution in [0.15, 0.2) is 29.3 Å². The van der Waals surface area contributed by atoms with Crippen LogP contribution >= 0.6 is 11.8 Å². The fourth-order valence-corrected chi connectivity index (χ4v) is 3.20. The highest BCUT2D eigenvalue weighted by Gasteiger charge is 2.17. The van der Waals surface area contributed by atoms with E-state index in [0.717, 1.165) is 16.3 Å². The van der Waals surface area contributed by atoms with Crippen LogP contribution in [0.5, 0.6) is 17.2 Å². The summed E-state index contributed by atoms with van der Waals surface area (Å²) in [6, 6.07) is 7.52. The lowest BCUT2D eigenvalue weighted by molar-refractivity contribution is -0.0214. The molecular weight excluding hydrogens is 344 g/mol. The highest BCUT2D eigenvalue weighted by Crippen LogP contribution is 2.40. The van der Waals surface area contributed by atoms with Crippen molar-refractivity contribution in [3.8, 4) is 28.5 Å². The molecular formula is C17H20N2O5S. The molecule has 1 aliphatic rings. The second-order valence-electron chi connectivity index (χ2n) is 5.15. The minimum absolute atomic E-state index is 0.165. The summed E-state index contributed by atoms with van der Waals surface area (Å²) in [7, 11) is 4.74. The van der Waals surface area contributed by atoms with Crippen molar-refractivity contribution < 1.29 is 23.7 Å². The predicted molar refractivity (Wildman–Crippen MR) is 93.5 cm³/mol. The monoisotopic (exact) mass is 364 g/mol. The van der Waals surface area contributed by atoms with Crippen molar-refractivity contribution in [2.75, 3.05) is 40.3 Å². The average Bonchev–Trinajstić information content (AvgIpc) is 3.19. The SMILES string of the molecule is COc1cc(-c2ccc(SCC3OCCO3)nn2)cc(OC)c1OC. The molecule has 2 heterocycles. The Balaban J connectivity index is 1.77. The summed E-state index contributed by atoms with van der Waals surface area (Å²) in [5.41, 5.74) is 1.55. The number of nitrogens with zero attached hydrogens (tertiary/aromatic N) is 2. The topological polar surface area (TPSA) is 71.9 Å². The third kappa shape index (κ3) is 4.15. The standard InChI is InChI=1S/C17H20N2O5S/c1-20-13-8-11(9-14(21-2)17(13)22-3)12-4-5-15(19-18-12)25-10-16-23-6-7-24-16/h4-5,8-9,16H,6-7,10H2,1-3H3. The Morgan fingerprint density at radius 2 is 1.68 bits per heavy atom. The molecule has 1 aromatic heterocycles. The number of aromatic nitrogens is 2. The van der Waals surface area contributed by atoms with Gasteiger partial charge in [-0.05, 0) is 24.3 Å². The number of methoxy groups -OCH3 is 3. The zero-order valence-electron chi connectivity index (χ0n) is 14.4. The smallest absolute Gasteiger partial charge is 0.203 e. The molecule has 0 saturated carbocycles. The van der Waals surface area contributed by atoms with Gasteiger partial charge in [-0.3, -0.25) is 0 Å². The molecule has 0 amide bonds. The molecule has 0 radical (unpaired) electrons. The number of benzene rings is 1. The minimum Gasteiger partial charge on any atom is -0.493 e. The van der Waals surface area contributed by atoms with Crippen LogP contribution in [0.25, 0.3) is 11.3 Å². The number of rotatable bonds is 7. The van der Waals surface area contributed by atoms with Crippen LogP contribution in [0.1, 0.15) is 0 Å². The van der Waals surface area contributed by atoms with E-state index in [1.807, 2.05) is 24.3 Å². The Morgan fingerprint density at radius 3 is 2.20 bits per heavy atom. The first-order valence-corrected chi connectivity index (χ1v) is 8.74. The van der Waals surface area contributed by atoms with Crippen molar-refractivity contribution in [2.45, 2.75) is 11.3 Å². The van der Waals surface area contributed by atoms with E-state index in [4.69, 9.17) is 23.7 Å². The van der Waals surface area contributed by atoms with Crippen LogP contribution in [0, 0.1) is 0 Å². The van der Waals surface area contributed by atoms with Gasteiger partial charge in [-0.15, -0.1) is 10.2 Å². The molecule has 134 valence electrons. The van der Waals surface area contributed by atoms with Crippen LogP contribution in [0.4, 0.5) is 0 Å². The summed E-state index contributed by atoms with van der Waals surface area (Å²) in [5.74, 6) is 2.39. The van der Waals surface area contributed by atoms with E-state index in [-0.39, 0.29) is 6.29 Å². The van der Waals surface area contributed by atoms with E-state index in [1.54, 1.807) is 33.1 Å². The van der Waals surface area contributed by atoms with Crippen LogP contribution in [0.3, 0.4) is 0 Å². The quantitative estimate of drug-likeness (QED) is 0.695. The summed E-state index contributed by atoms with van der Waals surface area (Å²) in [6.07, 6.45) is -0.165. The van der Waals surface area contributed by atoms with E-state index >= 15 is 0 Å². The van der Waals surface area contributed by atoms with E-state index in [1.165, 1.54) is 0 Å². The largest absolute Gasteiger partial charge is 0.493 e. The number of hydrogen-bond acceptors (Lipinski definition) is 8.